The van der Waals surface area contributed by atoms with Crippen LogP contribution in [-0.2, 0) is 6.42 Å². The summed E-state index contributed by atoms with van der Waals surface area (Å²) < 4.78 is 5.99. The third kappa shape index (κ3) is 3.99. The number of thiazole rings is 1. The minimum Gasteiger partial charge on any atom is -0.406 e. The fourth-order valence-electron chi connectivity index (χ4n) is 2.31. The third-order valence-electron chi connectivity index (χ3n) is 3.56. The molecular weight excluding hydrogens is 326 g/mol. The van der Waals surface area contributed by atoms with Crippen molar-refractivity contribution in [2.24, 2.45) is 0 Å². The topological polar surface area (TPSA) is 77.1 Å². The number of carbonyl (C=O) groups is 1. The van der Waals surface area contributed by atoms with Crippen LogP contribution in [0.3, 0.4) is 0 Å². The Balaban J connectivity index is 1.48. The normalized spacial score (nSPS) is 10.7. The van der Waals surface area contributed by atoms with E-state index in [2.05, 4.69) is 22.4 Å². The van der Waals surface area contributed by atoms with Crippen LogP contribution < -0.4 is 11.1 Å². The first-order chi connectivity index (χ1) is 11.7. The summed E-state index contributed by atoms with van der Waals surface area (Å²) in [7, 11) is 0. The van der Waals surface area contributed by atoms with E-state index in [1.807, 2.05) is 18.2 Å². The zero-order chi connectivity index (χ0) is 16.8. The molecule has 0 aliphatic rings. The molecule has 1 amide bonds. The average Bonchev–Trinajstić information content (AvgIpc) is 3.24. The molecule has 0 aliphatic heterocycles. The van der Waals surface area contributed by atoms with E-state index in [4.69, 9.17) is 4.42 Å². The van der Waals surface area contributed by atoms with Gasteiger partial charge in [0.1, 0.15) is 5.69 Å². The van der Waals surface area contributed by atoms with E-state index in [0.717, 1.165) is 23.8 Å². The summed E-state index contributed by atoms with van der Waals surface area (Å²) in [6.45, 7) is 0.509. The van der Waals surface area contributed by atoms with Crippen LogP contribution in [0.5, 0.6) is 0 Å². The fraction of sp³-hybridized carbons (Fsp3) is 0.235. The van der Waals surface area contributed by atoms with Crippen molar-refractivity contribution in [3.63, 3.8) is 0 Å². The van der Waals surface area contributed by atoms with E-state index in [1.54, 1.807) is 10.9 Å². The van der Waals surface area contributed by atoms with E-state index >= 15 is 0 Å². The van der Waals surface area contributed by atoms with Gasteiger partial charge < -0.3 is 9.73 Å². The molecule has 2 heterocycles. The molecule has 0 spiro atoms. The van der Waals surface area contributed by atoms with Crippen LogP contribution in [0.1, 0.15) is 18.4 Å². The average molecular weight is 343 g/mol. The van der Waals surface area contributed by atoms with Crippen LogP contribution in [0.25, 0.3) is 11.5 Å². The van der Waals surface area contributed by atoms with Crippen molar-refractivity contribution in [1.82, 2.24) is 14.9 Å². The molecular formula is C17H17N3O3S. The maximum atomic E-state index is 12.1. The van der Waals surface area contributed by atoms with E-state index in [1.165, 1.54) is 23.1 Å². The number of aryl methyl sites for hydroxylation is 1. The molecule has 0 saturated carbocycles. The molecule has 6 nitrogen and oxygen atoms in total. The van der Waals surface area contributed by atoms with Crippen molar-refractivity contribution in [2.75, 3.05) is 6.54 Å². The van der Waals surface area contributed by atoms with Crippen LogP contribution in [0, 0.1) is 0 Å². The number of hydrogen-bond donors (Lipinski definition) is 1. The lowest BCUT2D eigenvalue weighted by molar-refractivity contribution is 0.240. The van der Waals surface area contributed by atoms with Gasteiger partial charge in [0, 0.05) is 11.9 Å². The summed E-state index contributed by atoms with van der Waals surface area (Å²) in [6, 6.07) is 9.72. The molecule has 0 radical (unpaired) electrons. The van der Waals surface area contributed by atoms with Gasteiger partial charge in [-0.05, 0) is 24.8 Å². The van der Waals surface area contributed by atoms with Crippen molar-refractivity contribution >= 4 is 17.4 Å². The molecule has 7 heteroatoms. The largest absolute Gasteiger partial charge is 0.427 e. The number of oxazole rings is 1. The Morgan fingerprint density at radius 1 is 1.25 bits per heavy atom. The standard InChI is InChI=1S/C17H17N3O3S/c21-16(18-9-5-4-8-13-6-2-1-3-7-13)20-10-15(23-17(20)22)14-11-24-12-19-14/h1-3,6-7,10-12H,4-5,8-9H2,(H,18,21). The van der Waals surface area contributed by atoms with Gasteiger partial charge >= 0.3 is 11.8 Å². The predicted molar refractivity (Wildman–Crippen MR) is 92.3 cm³/mol. The van der Waals surface area contributed by atoms with Crippen molar-refractivity contribution < 1.29 is 9.21 Å². The van der Waals surface area contributed by atoms with Gasteiger partial charge in [0.15, 0.2) is 5.76 Å². The number of nitrogens with one attached hydrogen (secondary N) is 1. The minimum absolute atomic E-state index is 0.292. The Labute approximate surface area is 142 Å². The molecule has 0 saturated heterocycles. The van der Waals surface area contributed by atoms with Gasteiger partial charge in [0.25, 0.3) is 0 Å². The Bertz CT molecular complexity index is 838. The highest BCUT2D eigenvalue weighted by molar-refractivity contribution is 7.07. The second-order valence-corrected chi connectivity index (χ2v) is 6.00. The molecule has 0 atom stereocenters. The zero-order valence-electron chi connectivity index (χ0n) is 13.0. The lowest BCUT2D eigenvalue weighted by Gasteiger charge is -2.04. The number of amides is 1. The Morgan fingerprint density at radius 2 is 2.08 bits per heavy atom. The summed E-state index contributed by atoms with van der Waals surface area (Å²) in [5, 5.41) is 4.48. The second kappa shape index (κ2) is 7.74. The maximum Gasteiger partial charge on any atom is 0.427 e. The number of unbranched alkanes of at least 4 members (excludes halogenated alkanes) is 1. The molecule has 124 valence electrons. The number of nitrogens with zero attached hydrogens (tertiary/aromatic N) is 2. The molecule has 0 fully saturated rings. The molecule has 24 heavy (non-hydrogen) atoms. The SMILES string of the molecule is O=C(NCCCCc1ccccc1)n1cc(-c2cscn2)oc1=O. The highest BCUT2D eigenvalue weighted by Crippen LogP contribution is 2.17. The Morgan fingerprint density at radius 3 is 2.83 bits per heavy atom. The van der Waals surface area contributed by atoms with E-state index in [9.17, 15) is 9.59 Å². The molecule has 0 unspecified atom stereocenters. The summed E-state index contributed by atoms with van der Waals surface area (Å²) in [5.74, 6) is -0.416. The van der Waals surface area contributed by atoms with Gasteiger partial charge in [-0.2, -0.15) is 4.57 Å². The van der Waals surface area contributed by atoms with Crippen molar-refractivity contribution in [2.45, 2.75) is 19.3 Å². The monoisotopic (exact) mass is 343 g/mol. The number of benzene rings is 1. The molecule has 3 aromatic rings. The number of carbonyl (C=O) groups excluding carboxylic acids is 1. The van der Waals surface area contributed by atoms with Crippen molar-refractivity contribution in [3.8, 4) is 11.5 Å². The van der Waals surface area contributed by atoms with Gasteiger partial charge in [-0.3, -0.25) is 0 Å². The smallest absolute Gasteiger partial charge is 0.406 e. The van der Waals surface area contributed by atoms with Gasteiger partial charge in [-0.15, -0.1) is 11.3 Å². The lowest BCUT2D eigenvalue weighted by atomic mass is 10.1. The lowest BCUT2D eigenvalue weighted by Crippen LogP contribution is -2.34. The number of aromatic nitrogens is 2. The van der Waals surface area contributed by atoms with Gasteiger partial charge in [-0.1, -0.05) is 30.3 Å². The molecule has 0 bridgehead atoms. The van der Waals surface area contributed by atoms with Crippen LogP contribution in [0.4, 0.5) is 4.79 Å². The van der Waals surface area contributed by atoms with Crippen LogP contribution in [0.15, 0.2) is 56.6 Å². The highest BCUT2D eigenvalue weighted by atomic mass is 32.1. The summed E-state index contributed by atoms with van der Waals surface area (Å²) in [4.78, 5) is 27.9. The third-order valence-corrected chi connectivity index (χ3v) is 4.14. The number of hydrogen-bond acceptors (Lipinski definition) is 5. The van der Waals surface area contributed by atoms with Gasteiger partial charge in [-0.25, -0.2) is 14.6 Å². The van der Waals surface area contributed by atoms with Crippen LogP contribution >= 0.6 is 11.3 Å². The summed E-state index contributed by atoms with van der Waals surface area (Å²) in [6.07, 6.45) is 4.15. The Hall–Kier alpha value is -2.67. The molecule has 0 aliphatic carbocycles. The van der Waals surface area contributed by atoms with Crippen LogP contribution in [-0.4, -0.2) is 22.1 Å². The first-order valence-corrected chi connectivity index (χ1v) is 8.61. The number of rotatable bonds is 6. The van der Waals surface area contributed by atoms with E-state index in [-0.39, 0.29) is 0 Å². The van der Waals surface area contributed by atoms with E-state index in [0.29, 0.717) is 18.0 Å². The fourth-order valence-corrected chi connectivity index (χ4v) is 2.85. The second-order valence-electron chi connectivity index (χ2n) is 5.28. The molecule has 3 rings (SSSR count). The van der Waals surface area contributed by atoms with Crippen molar-refractivity contribution in [1.29, 1.82) is 0 Å². The first-order valence-electron chi connectivity index (χ1n) is 7.67. The predicted octanol–water partition coefficient (Wildman–Crippen LogP) is 3.15. The van der Waals surface area contributed by atoms with Gasteiger partial charge in [0.2, 0.25) is 0 Å². The maximum absolute atomic E-state index is 12.1. The molecule has 1 N–H and O–H groups in total. The highest BCUT2D eigenvalue weighted by Gasteiger charge is 2.14. The van der Waals surface area contributed by atoms with Crippen molar-refractivity contribution in [3.05, 3.63) is 63.5 Å². The van der Waals surface area contributed by atoms with Gasteiger partial charge in [0.05, 0.1) is 11.7 Å². The van der Waals surface area contributed by atoms with Crippen LogP contribution in [0.2, 0.25) is 0 Å². The minimum atomic E-state index is -0.709. The molecule has 2 aromatic heterocycles. The van der Waals surface area contributed by atoms with E-state index < -0.39 is 11.8 Å². The quantitative estimate of drug-likeness (QED) is 0.698. The summed E-state index contributed by atoms with van der Waals surface area (Å²) >= 11 is 1.39. The Kier molecular flexibility index (Phi) is 5.22. The summed E-state index contributed by atoms with van der Waals surface area (Å²) in [5.41, 5.74) is 3.47. The molecule has 1 aromatic carbocycles. The zero-order valence-corrected chi connectivity index (χ0v) is 13.8. The first kappa shape index (κ1) is 16.2.